The molecule has 6 heteroatoms. The van der Waals surface area contributed by atoms with Gasteiger partial charge in [0, 0.05) is 11.9 Å². The molecule has 1 aliphatic heterocycles. The van der Waals surface area contributed by atoms with Crippen LogP contribution in [0.25, 0.3) is 0 Å². The standard InChI is InChI=1S/C17H22N4OS/c1-4-5-6-14-7-9-15(10-8-14)20-17(22)21-16-11-18-23-13(3)19-12(16)2/h7-11,18H,2,4-6H2,1,3H3,(H2,20,21,22). The van der Waals surface area contributed by atoms with Crippen LogP contribution < -0.4 is 15.4 Å². The first-order chi connectivity index (χ1) is 11.1. The number of aryl methyl sites for hydroxylation is 1. The number of nitrogens with zero attached hydrogens (tertiary/aromatic N) is 1. The van der Waals surface area contributed by atoms with Crippen LogP contribution in [0.15, 0.2) is 53.4 Å². The molecular weight excluding hydrogens is 308 g/mol. The van der Waals surface area contributed by atoms with Gasteiger partial charge < -0.3 is 15.4 Å². The Morgan fingerprint density at radius 2 is 2.04 bits per heavy atom. The molecule has 122 valence electrons. The number of unbranched alkanes of at least 4 members (excludes halogenated alkanes) is 1. The zero-order valence-electron chi connectivity index (χ0n) is 13.5. The van der Waals surface area contributed by atoms with E-state index in [4.69, 9.17) is 0 Å². The van der Waals surface area contributed by atoms with E-state index < -0.39 is 0 Å². The lowest BCUT2D eigenvalue weighted by molar-refractivity contribution is 0.254. The van der Waals surface area contributed by atoms with Crippen molar-refractivity contribution in [2.24, 2.45) is 4.99 Å². The second-order valence-corrected chi connectivity index (χ2v) is 6.27. The Morgan fingerprint density at radius 1 is 1.30 bits per heavy atom. The molecule has 1 heterocycles. The van der Waals surface area contributed by atoms with Crippen LogP contribution in [-0.2, 0) is 6.42 Å². The van der Waals surface area contributed by atoms with Crippen molar-refractivity contribution in [2.75, 3.05) is 5.32 Å². The fourth-order valence-corrected chi connectivity index (χ4v) is 2.56. The van der Waals surface area contributed by atoms with E-state index in [-0.39, 0.29) is 6.03 Å². The predicted octanol–water partition coefficient (Wildman–Crippen LogP) is 4.18. The topological polar surface area (TPSA) is 65.5 Å². The molecule has 1 aromatic rings. The molecule has 0 atom stereocenters. The quantitative estimate of drug-likeness (QED) is 0.710. The SMILES string of the molecule is C=C1N=C(C)SNC=C1NC(=O)Nc1ccc(CCCC)cc1. The second-order valence-electron chi connectivity index (χ2n) is 5.24. The molecule has 0 aliphatic carbocycles. The smallest absolute Gasteiger partial charge is 0.323 e. The molecule has 0 spiro atoms. The Kier molecular flexibility index (Phi) is 6.29. The van der Waals surface area contributed by atoms with Gasteiger partial charge in [-0.15, -0.1) is 0 Å². The van der Waals surface area contributed by atoms with Gasteiger partial charge in [-0.2, -0.15) is 0 Å². The van der Waals surface area contributed by atoms with Gasteiger partial charge in [0.25, 0.3) is 0 Å². The number of hydrogen-bond acceptors (Lipinski definition) is 4. The van der Waals surface area contributed by atoms with Crippen molar-refractivity contribution in [3.05, 3.63) is 54.0 Å². The molecule has 1 aliphatic rings. The lowest BCUT2D eigenvalue weighted by atomic mass is 10.1. The first-order valence-electron chi connectivity index (χ1n) is 7.62. The molecular formula is C17H22N4OS. The minimum Gasteiger partial charge on any atom is -0.329 e. The lowest BCUT2D eigenvalue weighted by Crippen LogP contribution is -2.29. The molecule has 1 aromatic carbocycles. The summed E-state index contributed by atoms with van der Waals surface area (Å²) in [6.07, 6.45) is 5.10. The van der Waals surface area contributed by atoms with E-state index in [1.165, 1.54) is 30.4 Å². The number of carbonyl (C=O) groups is 1. The van der Waals surface area contributed by atoms with E-state index in [2.05, 4.69) is 33.9 Å². The normalized spacial score (nSPS) is 14.3. The third kappa shape index (κ3) is 5.49. The van der Waals surface area contributed by atoms with Crippen molar-refractivity contribution in [3.63, 3.8) is 0 Å². The number of aliphatic imine (C=N–C) groups is 1. The third-order valence-electron chi connectivity index (χ3n) is 3.29. The fraction of sp³-hybridized carbons (Fsp3) is 0.294. The molecule has 0 saturated heterocycles. The van der Waals surface area contributed by atoms with Crippen LogP contribution in [-0.4, -0.2) is 11.1 Å². The molecule has 2 rings (SSSR count). The van der Waals surface area contributed by atoms with Gasteiger partial charge in [-0.05, 0) is 49.4 Å². The van der Waals surface area contributed by atoms with Gasteiger partial charge in [-0.25, -0.2) is 9.79 Å². The molecule has 5 nitrogen and oxygen atoms in total. The van der Waals surface area contributed by atoms with Gasteiger partial charge in [0.2, 0.25) is 0 Å². The molecule has 0 bridgehead atoms. The Balaban J connectivity index is 1.91. The van der Waals surface area contributed by atoms with Crippen LogP contribution in [0.4, 0.5) is 10.5 Å². The first-order valence-corrected chi connectivity index (χ1v) is 8.44. The summed E-state index contributed by atoms with van der Waals surface area (Å²) >= 11 is 1.38. The number of benzene rings is 1. The molecule has 2 amide bonds. The largest absolute Gasteiger partial charge is 0.329 e. The second kappa shape index (κ2) is 8.43. The van der Waals surface area contributed by atoms with E-state index in [1.54, 1.807) is 6.20 Å². The van der Waals surface area contributed by atoms with E-state index >= 15 is 0 Å². The van der Waals surface area contributed by atoms with E-state index in [9.17, 15) is 4.79 Å². The van der Waals surface area contributed by atoms with E-state index in [0.717, 1.165) is 17.2 Å². The summed E-state index contributed by atoms with van der Waals surface area (Å²) in [5, 5.41) is 6.40. The van der Waals surface area contributed by atoms with Crippen molar-refractivity contribution in [3.8, 4) is 0 Å². The summed E-state index contributed by atoms with van der Waals surface area (Å²) in [6.45, 7) is 7.91. The van der Waals surface area contributed by atoms with Gasteiger partial charge in [-0.1, -0.05) is 32.1 Å². The van der Waals surface area contributed by atoms with Gasteiger partial charge in [0.05, 0.1) is 16.4 Å². The lowest BCUT2D eigenvalue weighted by Gasteiger charge is -2.10. The summed E-state index contributed by atoms with van der Waals surface area (Å²) in [5.74, 6) is 0. The highest BCUT2D eigenvalue weighted by Gasteiger charge is 2.11. The number of rotatable bonds is 5. The van der Waals surface area contributed by atoms with Gasteiger partial charge in [0.1, 0.15) is 0 Å². The van der Waals surface area contributed by atoms with Crippen LogP contribution in [0.3, 0.4) is 0 Å². The van der Waals surface area contributed by atoms with E-state index in [0.29, 0.717) is 11.4 Å². The first kappa shape index (κ1) is 17.1. The summed E-state index contributed by atoms with van der Waals surface area (Å²) in [6, 6.07) is 7.59. The number of carbonyl (C=O) groups excluding carboxylic acids is 1. The summed E-state index contributed by atoms with van der Waals surface area (Å²) in [5.41, 5.74) is 3.10. The Labute approximate surface area is 141 Å². The Hall–Kier alpha value is -2.21. The monoisotopic (exact) mass is 330 g/mol. The van der Waals surface area contributed by atoms with Crippen LogP contribution in [0.1, 0.15) is 32.3 Å². The molecule has 0 unspecified atom stereocenters. The number of urea groups is 1. The molecule has 23 heavy (non-hydrogen) atoms. The summed E-state index contributed by atoms with van der Waals surface area (Å²) < 4.78 is 2.99. The number of nitrogens with one attached hydrogen (secondary N) is 3. The molecule has 0 fully saturated rings. The molecule has 0 aromatic heterocycles. The van der Waals surface area contributed by atoms with Gasteiger partial charge in [0.15, 0.2) is 0 Å². The fourth-order valence-electron chi connectivity index (χ4n) is 2.06. The number of anilines is 1. The van der Waals surface area contributed by atoms with Gasteiger partial charge in [-0.3, -0.25) is 0 Å². The van der Waals surface area contributed by atoms with E-state index in [1.807, 2.05) is 31.2 Å². The number of hydrogen-bond donors (Lipinski definition) is 3. The zero-order chi connectivity index (χ0) is 16.7. The highest BCUT2D eigenvalue weighted by Crippen LogP contribution is 2.15. The van der Waals surface area contributed by atoms with Gasteiger partial charge >= 0.3 is 6.03 Å². The van der Waals surface area contributed by atoms with Crippen LogP contribution in [0, 0.1) is 0 Å². The van der Waals surface area contributed by atoms with Crippen molar-refractivity contribution < 1.29 is 4.79 Å². The third-order valence-corrected chi connectivity index (χ3v) is 3.91. The van der Waals surface area contributed by atoms with Crippen molar-refractivity contribution in [1.29, 1.82) is 0 Å². The molecule has 3 N–H and O–H groups in total. The number of amides is 2. The summed E-state index contributed by atoms with van der Waals surface area (Å²) in [7, 11) is 0. The average Bonchev–Trinajstić information content (AvgIpc) is 2.67. The predicted molar refractivity (Wildman–Crippen MR) is 98.3 cm³/mol. The average molecular weight is 330 g/mol. The zero-order valence-corrected chi connectivity index (χ0v) is 14.3. The highest BCUT2D eigenvalue weighted by atomic mass is 32.2. The Bertz CT molecular complexity index is 634. The summed E-state index contributed by atoms with van der Waals surface area (Å²) in [4.78, 5) is 16.4. The minimum atomic E-state index is -0.319. The van der Waals surface area contributed by atoms with Crippen LogP contribution in [0.2, 0.25) is 0 Å². The molecule has 0 radical (unpaired) electrons. The van der Waals surface area contributed by atoms with Crippen molar-refractivity contribution in [2.45, 2.75) is 33.1 Å². The van der Waals surface area contributed by atoms with Crippen LogP contribution in [0.5, 0.6) is 0 Å². The maximum Gasteiger partial charge on any atom is 0.323 e. The van der Waals surface area contributed by atoms with Crippen molar-refractivity contribution in [1.82, 2.24) is 10.0 Å². The molecule has 0 saturated carbocycles. The van der Waals surface area contributed by atoms with Crippen LogP contribution >= 0.6 is 11.9 Å². The maximum absolute atomic E-state index is 12.1. The van der Waals surface area contributed by atoms with Crippen molar-refractivity contribution >= 4 is 28.7 Å². The Morgan fingerprint density at radius 3 is 2.74 bits per heavy atom. The minimum absolute atomic E-state index is 0.319. The maximum atomic E-state index is 12.1. The highest BCUT2D eigenvalue weighted by molar-refractivity contribution is 8.12.